The molecular weight excluding hydrogens is 295 g/mol. The van der Waals surface area contributed by atoms with Crippen molar-refractivity contribution in [2.75, 3.05) is 16.8 Å². The van der Waals surface area contributed by atoms with Crippen LogP contribution in [0.4, 0.5) is 15.8 Å². The zero-order valence-electron chi connectivity index (χ0n) is 13.2. The number of amides is 2. The molecule has 1 N–H and O–H groups in total. The lowest BCUT2D eigenvalue weighted by Gasteiger charge is -2.21. The molecular formula is C18H19FN2O2. The van der Waals surface area contributed by atoms with Crippen LogP contribution >= 0.6 is 0 Å². The summed E-state index contributed by atoms with van der Waals surface area (Å²) >= 11 is 0. The molecule has 0 heterocycles. The number of carbonyl (C=O) groups excluding carboxylic acids is 2. The molecule has 0 aliphatic heterocycles. The van der Waals surface area contributed by atoms with Crippen molar-refractivity contribution in [1.29, 1.82) is 0 Å². The molecule has 4 nitrogen and oxygen atoms in total. The third-order valence-electron chi connectivity index (χ3n) is 3.36. The van der Waals surface area contributed by atoms with Crippen LogP contribution in [-0.2, 0) is 9.59 Å². The maximum absolute atomic E-state index is 13.3. The van der Waals surface area contributed by atoms with Crippen LogP contribution in [0.1, 0.15) is 18.9 Å². The van der Waals surface area contributed by atoms with Crippen molar-refractivity contribution < 1.29 is 14.0 Å². The summed E-state index contributed by atoms with van der Waals surface area (Å²) in [6.45, 7) is 3.52. The Hall–Kier alpha value is -2.69. The highest BCUT2D eigenvalue weighted by Gasteiger charge is 2.14. The van der Waals surface area contributed by atoms with E-state index in [0.717, 1.165) is 11.3 Å². The van der Waals surface area contributed by atoms with Crippen molar-refractivity contribution >= 4 is 23.2 Å². The molecule has 2 aromatic carbocycles. The van der Waals surface area contributed by atoms with E-state index in [-0.39, 0.29) is 24.8 Å². The number of halogens is 1. The Kier molecular flexibility index (Phi) is 5.46. The lowest BCUT2D eigenvalue weighted by molar-refractivity contribution is -0.117. The molecule has 0 spiro atoms. The number of carbonyl (C=O) groups is 2. The van der Waals surface area contributed by atoms with Gasteiger partial charge in [0.2, 0.25) is 11.8 Å². The number of anilines is 2. The maximum atomic E-state index is 13.3. The summed E-state index contributed by atoms with van der Waals surface area (Å²) in [5.74, 6) is -0.852. The second kappa shape index (κ2) is 7.54. The molecule has 0 bridgehead atoms. The van der Waals surface area contributed by atoms with E-state index in [0.29, 0.717) is 5.69 Å². The van der Waals surface area contributed by atoms with E-state index in [2.05, 4.69) is 5.32 Å². The minimum Gasteiger partial charge on any atom is -0.326 e. The molecule has 0 radical (unpaired) electrons. The van der Waals surface area contributed by atoms with Crippen LogP contribution < -0.4 is 10.2 Å². The van der Waals surface area contributed by atoms with Crippen LogP contribution in [0, 0.1) is 12.7 Å². The summed E-state index contributed by atoms with van der Waals surface area (Å²) in [5.41, 5.74) is 2.21. The molecule has 0 fully saturated rings. The lowest BCUT2D eigenvalue weighted by Crippen LogP contribution is -2.32. The molecule has 0 aliphatic carbocycles. The average molecular weight is 314 g/mol. The van der Waals surface area contributed by atoms with Gasteiger partial charge in [-0.3, -0.25) is 9.59 Å². The zero-order valence-corrected chi connectivity index (χ0v) is 13.2. The second-order valence-corrected chi connectivity index (χ2v) is 5.32. The van der Waals surface area contributed by atoms with Gasteiger partial charge in [-0.15, -0.1) is 0 Å². The molecule has 5 heteroatoms. The molecule has 2 amide bonds. The third-order valence-corrected chi connectivity index (χ3v) is 3.36. The monoisotopic (exact) mass is 314 g/mol. The Morgan fingerprint density at radius 1 is 1.13 bits per heavy atom. The first-order valence-corrected chi connectivity index (χ1v) is 7.36. The number of benzene rings is 2. The number of nitrogens with zero attached hydrogens (tertiary/aromatic N) is 1. The lowest BCUT2D eigenvalue weighted by atomic mass is 10.2. The van der Waals surface area contributed by atoms with Gasteiger partial charge in [-0.1, -0.05) is 18.2 Å². The summed E-state index contributed by atoms with van der Waals surface area (Å²) in [7, 11) is 0. The molecule has 0 saturated heterocycles. The van der Waals surface area contributed by atoms with Gasteiger partial charge >= 0.3 is 0 Å². The Morgan fingerprint density at radius 2 is 1.87 bits per heavy atom. The van der Waals surface area contributed by atoms with E-state index in [4.69, 9.17) is 0 Å². The van der Waals surface area contributed by atoms with E-state index >= 15 is 0 Å². The molecule has 23 heavy (non-hydrogen) atoms. The highest BCUT2D eigenvalue weighted by molar-refractivity contribution is 5.94. The topological polar surface area (TPSA) is 49.4 Å². The molecule has 0 aromatic heterocycles. The summed E-state index contributed by atoms with van der Waals surface area (Å²) in [4.78, 5) is 25.2. The van der Waals surface area contributed by atoms with E-state index < -0.39 is 5.82 Å². The van der Waals surface area contributed by atoms with Crippen molar-refractivity contribution in [2.24, 2.45) is 0 Å². The minimum absolute atomic E-state index is 0.129. The molecule has 0 unspecified atom stereocenters. The first-order chi connectivity index (χ1) is 11.0. The maximum Gasteiger partial charge on any atom is 0.226 e. The normalized spacial score (nSPS) is 10.2. The van der Waals surface area contributed by atoms with Gasteiger partial charge < -0.3 is 10.2 Å². The standard InChI is InChI=1S/C18H19FN2O2/c1-13-5-3-7-16(11-13)20-18(23)9-10-21(14(2)22)17-8-4-6-15(19)12-17/h3-8,11-12H,9-10H2,1-2H3,(H,20,23). The quantitative estimate of drug-likeness (QED) is 0.918. The van der Waals surface area contributed by atoms with Crippen molar-refractivity contribution in [3.63, 3.8) is 0 Å². The second-order valence-electron chi connectivity index (χ2n) is 5.32. The fraction of sp³-hybridized carbons (Fsp3) is 0.222. The van der Waals surface area contributed by atoms with Crippen LogP contribution in [0.5, 0.6) is 0 Å². The summed E-state index contributed by atoms with van der Waals surface area (Å²) in [6, 6.07) is 13.2. The smallest absolute Gasteiger partial charge is 0.226 e. The first-order valence-electron chi connectivity index (χ1n) is 7.36. The van der Waals surface area contributed by atoms with Gasteiger partial charge in [0.1, 0.15) is 5.82 Å². The van der Waals surface area contributed by atoms with Gasteiger partial charge in [0.15, 0.2) is 0 Å². The van der Waals surface area contributed by atoms with Crippen LogP contribution in [-0.4, -0.2) is 18.4 Å². The molecule has 2 rings (SSSR count). The number of aryl methyl sites for hydroxylation is 1. The minimum atomic E-state index is -0.419. The van der Waals surface area contributed by atoms with Gasteiger partial charge in [-0.2, -0.15) is 0 Å². The van der Waals surface area contributed by atoms with E-state index in [1.54, 1.807) is 12.1 Å². The van der Waals surface area contributed by atoms with Gasteiger partial charge in [-0.05, 0) is 42.8 Å². The van der Waals surface area contributed by atoms with E-state index in [9.17, 15) is 14.0 Å². The van der Waals surface area contributed by atoms with Crippen molar-refractivity contribution in [3.05, 3.63) is 59.9 Å². The fourth-order valence-electron chi connectivity index (χ4n) is 2.27. The Balaban J connectivity index is 1.99. The molecule has 2 aromatic rings. The first kappa shape index (κ1) is 16.7. The van der Waals surface area contributed by atoms with Gasteiger partial charge in [0.05, 0.1) is 0 Å². The van der Waals surface area contributed by atoms with Crippen LogP contribution in [0.2, 0.25) is 0 Å². The summed E-state index contributed by atoms with van der Waals surface area (Å²) < 4.78 is 13.3. The average Bonchev–Trinajstić information content (AvgIpc) is 2.47. The van der Waals surface area contributed by atoms with Crippen molar-refractivity contribution in [1.82, 2.24) is 0 Å². The molecule has 0 atom stereocenters. The van der Waals surface area contributed by atoms with Crippen LogP contribution in [0.3, 0.4) is 0 Å². The van der Waals surface area contributed by atoms with Crippen molar-refractivity contribution in [2.45, 2.75) is 20.3 Å². The number of hydrogen-bond acceptors (Lipinski definition) is 2. The predicted octanol–water partition coefficient (Wildman–Crippen LogP) is 3.52. The molecule has 120 valence electrons. The molecule has 0 saturated carbocycles. The summed E-state index contributed by atoms with van der Waals surface area (Å²) in [6.07, 6.45) is 0.129. The Bertz CT molecular complexity index is 716. The largest absolute Gasteiger partial charge is 0.326 e. The van der Waals surface area contributed by atoms with Crippen LogP contribution in [0.15, 0.2) is 48.5 Å². The Morgan fingerprint density at radius 3 is 2.52 bits per heavy atom. The third kappa shape index (κ3) is 4.92. The van der Waals surface area contributed by atoms with Gasteiger partial charge in [-0.25, -0.2) is 4.39 Å². The zero-order chi connectivity index (χ0) is 16.8. The highest BCUT2D eigenvalue weighted by Crippen LogP contribution is 2.16. The highest BCUT2D eigenvalue weighted by atomic mass is 19.1. The molecule has 0 aliphatic rings. The fourth-order valence-corrected chi connectivity index (χ4v) is 2.27. The predicted molar refractivity (Wildman–Crippen MR) is 88.9 cm³/mol. The van der Waals surface area contributed by atoms with E-state index in [1.807, 2.05) is 25.1 Å². The van der Waals surface area contributed by atoms with Gasteiger partial charge in [0, 0.05) is 31.3 Å². The number of nitrogens with one attached hydrogen (secondary N) is 1. The van der Waals surface area contributed by atoms with Gasteiger partial charge in [0.25, 0.3) is 0 Å². The number of hydrogen-bond donors (Lipinski definition) is 1. The summed E-state index contributed by atoms with van der Waals surface area (Å²) in [5, 5.41) is 2.79. The Labute approximate surface area is 134 Å². The van der Waals surface area contributed by atoms with E-state index in [1.165, 1.54) is 30.0 Å². The van der Waals surface area contributed by atoms with Crippen molar-refractivity contribution in [3.8, 4) is 0 Å². The number of rotatable bonds is 5. The van der Waals surface area contributed by atoms with Crippen LogP contribution in [0.25, 0.3) is 0 Å². The SMILES string of the molecule is CC(=O)N(CCC(=O)Nc1cccc(C)c1)c1cccc(F)c1.